The van der Waals surface area contributed by atoms with E-state index in [4.69, 9.17) is 0 Å². The largest absolute Gasteiger partial charge is 0.355 e. The van der Waals surface area contributed by atoms with E-state index in [-0.39, 0.29) is 23.7 Å². The monoisotopic (exact) mass is 281 g/mol. The molecule has 2 rings (SSSR count). The fourth-order valence-electron chi connectivity index (χ4n) is 2.86. The van der Waals surface area contributed by atoms with Gasteiger partial charge in [-0.25, -0.2) is 0 Å². The molecule has 2 fully saturated rings. The van der Waals surface area contributed by atoms with Gasteiger partial charge in [-0.05, 0) is 33.4 Å². The van der Waals surface area contributed by atoms with Crippen LogP contribution >= 0.6 is 0 Å². The van der Waals surface area contributed by atoms with Crippen molar-refractivity contribution >= 4 is 11.8 Å². The Bertz CT molecular complexity index is 351. The highest BCUT2D eigenvalue weighted by Crippen LogP contribution is 2.39. The van der Waals surface area contributed by atoms with Gasteiger partial charge < -0.3 is 15.5 Å². The summed E-state index contributed by atoms with van der Waals surface area (Å²) in [5, 5.41) is 6.02. The van der Waals surface area contributed by atoms with Gasteiger partial charge in [0.2, 0.25) is 11.8 Å². The van der Waals surface area contributed by atoms with Crippen molar-refractivity contribution in [3.63, 3.8) is 0 Å². The minimum Gasteiger partial charge on any atom is -0.355 e. The normalized spacial score (nSPS) is 26.4. The molecule has 2 amide bonds. The molecule has 2 unspecified atom stereocenters. The number of likely N-dealkylation sites (N-methyl/N-ethyl adjacent to an activating group) is 1. The van der Waals surface area contributed by atoms with E-state index in [0.717, 1.165) is 19.4 Å². The van der Waals surface area contributed by atoms with Crippen LogP contribution in [0.15, 0.2) is 0 Å². The summed E-state index contributed by atoms with van der Waals surface area (Å²) in [4.78, 5) is 26.0. The lowest BCUT2D eigenvalue weighted by molar-refractivity contribution is -0.127. The number of carbonyl (C=O) groups excluding carboxylic acids is 2. The van der Waals surface area contributed by atoms with Gasteiger partial charge in [-0.3, -0.25) is 9.59 Å². The third-order valence-corrected chi connectivity index (χ3v) is 4.27. The summed E-state index contributed by atoms with van der Waals surface area (Å²) in [7, 11) is 3.95. The van der Waals surface area contributed by atoms with Gasteiger partial charge in [-0.15, -0.1) is 0 Å². The number of amides is 2. The molecule has 2 saturated carbocycles. The van der Waals surface area contributed by atoms with E-state index in [1.807, 2.05) is 19.0 Å². The molecule has 0 bridgehead atoms. The maximum Gasteiger partial charge on any atom is 0.224 e. The van der Waals surface area contributed by atoms with Crippen LogP contribution in [0.5, 0.6) is 0 Å². The molecule has 2 aliphatic rings. The first-order chi connectivity index (χ1) is 9.58. The summed E-state index contributed by atoms with van der Waals surface area (Å²) in [5.74, 6) is -0.0580. The third-order valence-electron chi connectivity index (χ3n) is 4.27. The molecule has 2 N–H and O–H groups in total. The molecule has 2 atom stereocenters. The predicted octanol–water partition coefficient (Wildman–Crippen LogP) is 0.749. The van der Waals surface area contributed by atoms with Gasteiger partial charge in [0.1, 0.15) is 0 Å². The molecule has 114 valence electrons. The first kappa shape index (κ1) is 15.3. The summed E-state index contributed by atoms with van der Waals surface area (Å²) >= 11 is 0. The van der Waals surface area contributed by atoms with Crippen LogP contribution in [-0.2, 0) is 9.59 Å². The minimum absolute atomic E-state index is 0.0376. The van der Waals surface area contributed by atoms with E-state index >= 15 is 0 Å². The van der Waals surface area contributed by atoms with Gasteiger partial charge in [0.25, 0.3) is 0 Å². The number of carbonyl (C=O) groups is 2. The van der Waals surface area contributed by atoms with Crippen LogP contribution in [0, 0.1) is 11.8 Å². The molecule has 0 radical (unpaired) electrons. The Morgan fingerprint density at radius 1 is 1.05 bits per heavy atom. The lowest BCUT2D eigenvalue weighted by Gasteiger charge is -2.22. The second-order valence-electron chi connectivity index (χ2n) is 6.39. The Labute approximate surface area is 121 Å². The van der Waals surface area contributed by atoms with Crippen LogP contribution in [0.2, 0.25) is 0 Å². The Morgan fingerprint density at radius 2 is 1.70 bits per heavy atom. The van der Waals surface area contributed by atoms with Crippen molar-refractivity contribution in [1.82, 2.24) is 15.5 Å². The average molecular weight is 281 g/mol. The molecule has 0 spiro atoms. The Hall–Kier alpha value is -1.10. The van der Waals surface area contributed by atoms with E-state index in [0.29, 0.717) is 19.0 Å². The molecule has 2 aliphatic carbocycles. The zero-order chi connectivity index (χ0) is 14.5. The standard InChI is InChI=1S/C15H27N3O2/c1-18(2)9-8-16-14(19)12-10-13(12)15(20)17-11-6-4-3-5-7-11/h11-13H,3-10H2,1-2H3,(H,16,19)(H,17,20). The van der Waals surface area contributed by atoms with Crippen molar-refractivity contribution in [1.29, 1.82) is 0 Å². The first-order valence-corrected chi connectivity index (χ1v) is 7.80. The van der Waals surface area contributed by atoms with Gasteiger partial charge in [-0.2, -0.15) is 0 Å². The number of nitrogens with zero attached hydrogens (tertiary/aromatic N) is 1. The van der Waals surface area contributed by atoms with Crippen molar-refractivity contribution in [2.75, 3.05) is 27.2 Å². The van der Waals surface area contributed by atoms with Crippen molar-refractivity contribution in [2.45, 2.75) is 44.6 Å². The molecule has 5 nitrogen and oxygen atoms in total. The fraction of sp³-hybridized carbons (Fsp3) is 0.867. The minimum atomic E-state index is -0.0965. The van der Waals surface area contributed by atoms with Crippen LogP contribution in [0.25, 0.3) is 0 Å². The highest BCUT2D eigenvalue weighted by Gasteiger charge is 2.48. The van der Waals surface area contributed by atoms with E-state index in [1.54, 1.807) is 0 Å². The first-order valence-electron chi connectivity index (χ1n) is 7.80. The van der Waals surface area contributed by atoms with Crippen molar-refractivity contribution in [2.24, 2.45) is 11.8 Å². The van der Waals surface area contributed by atoms with Gasteiger partial charge in [0.05, 0.1) is 11.8 Å². The van der Waals surface area contributed by atoms with Crippen LogP contribution in [0.1, 0.15) is 38.5 Å². The van der Waals surface area contributed by atoms with Crippen LogP contribution in [0.4, 0.5) is 0 Å². The zero-order valence-corrected chi connectivity index (χ0v) is 12.7. The van der Waals surface area contributed by atoms with Crippen molar-refractivity contribution in [3.8, 4) is 0 Å². The summed E-state index contributed by atoms with van der Waals surface area (Å²) in [6.45, 7) is 1.48. The Kier molecular flexibility index (Phi) is 5.40. The average Bonchev–Trinajstić information content (AvgIpc) is 3.19. The molecule has 0 aromatic rings. The summed E-state index contributed by atoms with van der Waals surface area (Å²) < 4.78 is 0. The number of rotatable bonds is 6. The maximum atomic E-state index is 12.1. The lowest BCUT2D eigenvalue weighted by Crippen LogP contribution is -2.38. The topological polar surface area (TPSA) is 61.4 Å². The Balaban J connectivity index is 1.65. The highest BCUT2D eigenvalue weighted by atomic mass is 16.2. The number of hydrogen-bond acceptors (Lipinski definition) is 3. The summed E-state index contributed by atoms with van der Waals surface area (Å²) in [5.41, 5.74) is 0. The third kappa shape index (κ3) is 4.47. The zero-order valence-electron chi connectivity index (χ0n) is 12.7. The second-order valence-corrected chi connectivity index (χ2v) is 6.39. The highest BCUT2D eigenvalue weighted by molar-refractivity contribution is 5.92. The second kappa shape index (κ2) is 7.07. The van der Waals surface area contributed by atoms with Crippen LogP contribution in [-0.4, -0.2) is 49.9 Å². The Morgan fingerprint density at radius 3 is 2.35 bits per heavy atom. The lowest BCUT2D eigenvalue weighted by atomic mass is 9.95. The molecular formula is C15H27N3O2. The smallest absolute Gasteiger partial charge is 0.224 e. The van der Waals surface area contributed by atoms with E-state index < -0.39 is 0 Å². The molecule has 0 aliphatic heterocycles. The number of nitrogens with one attached hydrogen (secondary N) is 2. The predicted molar refractivity (Wildman–Crippen MR) is 78.2 cm³/mol. The molecule has 0 heterocycles. The summed E-state index contributed by atoms with van der Waals surface area (Å²) in [6.07, 6.45) is 6.61. The molecule has 20 heavy (non-hydrogen) atoms. The molecular weight excluding hydrogens is 254 g/mol. The summed E-state index contributed by atoms with van der Waals surface area (Å²) in [6, 6.07) is 0.342. The molecule has 5 heteroatoms. The van der Waals surface area contributed by atoms with Crippen molar-refractivity contribution < 1.29 is 9.59 Å². The SMILES string of the molecule is CN(C)CCNC(=O)C1CC1C(=O)NC1CCCCC1. The van der Waals surface area contributed by atoms with E-state index in [2.05, 4.69) is 10.6 Å². The van der Waals surface area contributed by atoms with Crippen molar-refractivity contribution in [3.05, 3.63) is 0 Å². The number of hydrogen-bond donors (Lipinski definition) is 2. The molecule has 0 aromatic carbocycles. The maximum absolute atomic E-state index is 12.1. The van der Waals surface area contributed by atoms with Gasteiger partial charge in [0, 0.05) is 19.1 Å². The van der Waals surface area contributed by atoms with E-state index in [9.17, 15) is 9.59 Å². The van der Waals surface area contributed by atoms with Gasteiger partial charge in [0.15, 0.2) is 0 Å². The fourth-order valence-corrected chi connectivity index (χ4v) is 2.86. The van der Waals surface area contributed by atoms with Gasteiger partial charge in [-0.1, -0.05) is 19.3 Å². The molecule has 0 saturated heterocycles. The quantitative estimate of drug-likeness (QED) is 0.755. The van der Waals surface area contributed by atoms with Crippen LogP contribution < -0.4 is 10.6 Å². The molecule has 0 aromatic heterocycles. The van der Waals surface area contributed by atoms with Gasteiger partial charge >= 0.3 is 0 Å². The van der Waals surface area contributed by atoms with Crippen LogP contribution in [0.3, 0.4) is 0 Å². The van der Waals surface area contributed by atoms with E-state index in [1.165, 1.54) is 19.3 Å².